The van der Waals surface area contributed by atoms with E-state index in [4.69, 9.17) is 0 Å². The lowest BCUT2D eigenvalue weighted by molar-refractivity contribution is 0.186. The van der Waals surface area contributed by atoms with Gasteiger partial charge >= 0.3 is 6.03 Å². The molecule has 7 heteroatoms. The quantitative estimate of drug-likeness (QED) is 0.853. The third kappa shape index (κ3) is 5.07. The maximum absolute atomic E-state index is 13.6. The van der Waals surface area contributed by atoms with E-state index >= 15 is 0 Å². The highest BCUT2D eigenvalue weighted by atomic mass is 32.2. The van der Waals surface area contributed by atoms with Gasteiger partial charge in [-0.3, -0.25) is 0 Å². The number of halogens is 1. The maximum Gasteiger partial charge on any atom is 0.317 e. The van der Waals surface area contributed by atoms with E-state index < -0.39 is 15.1 Å². The third-order valence-corrected chi connectivity index (χ3v) is 7.06. The van der Waals surface area contributed by atoms with Gasteiger partial charge in [0.15, 0.2) is 9.84 Å². The number of hydrogen-bond donors (Lipinski definition) is 1. The van der Waals surface area contributed by atoms with Crippen molar-refractivity contribution >= 4 is 15.9 Å². The summed E-state index contributed by atoms with van der Waals surface area (Å²) < 4.78 is 38.9. The van der Waals surface area contributed by atoms with Crippen LogP contribution in [-0.2, 0) is 22.1 Å². The lowest BCUT2D eigenvalue weighted by Crippen LogP contribution is -2.46. The number of piperidine rings is 1. The fourth-order valence-corrected chi connectivity index (χ4v) is 5.09. The van der Waals surface area contributed by atoms with E-state index in [1.807, 2.05) is 30.3 Å². The second kappa shape index (κ2) is 8.52. The lowest BCUT2D eigenvalue weighted by atomic mass is 10.1. The van der Waals surface area contributed by atoms with E-state index in [9.17, 15) is 17.6 Å². The van der Waals surface area contributed by atoms with E-state index in [1.54, 1.807) is 23.1 Å². The van der Waals surface area contributed by atoms with E-state index in [2.05, 4.69) is 5.32 Å². The smallest absolute Gasteiger partial charge is 0.317 e. The number of likely N-dealkylation sites (tertiary alicyclic amines) is 1. The molecule has 2 aromatic rings. The minimum Gasteiger partial charge on any atom is -0.334 e. The number of nitrogens with one attached hydrogen (secondary N) is 1. The molecule has 144 valence electrons. The van der Waals surface area contributed by atoms with E-state index in [0.717, 1.165) is 5.56 Å². The second-order valence-electron chi connectivity index (χ2n) is 6.73. The minimum absolute atomic E-state index is 0.0258. The molecule has 0 unspecified atom stereocenters. The van der Waals surface area contributed by atoms with Crippen molar-refractivity contribution in [3.63, 3.8) is 0 Å². The zero-order valence-electron chi connectivity index (χ0n) is 15.0. The van der Waals surface area contributed by atoms with E-state index in [0.29, 0.717) is 31.5 Å². The van der Waals surface area contributed by atoms with Gasteiger partial charge in [-0.2, -0.15) is 0 Å². The van der Waals surface area contributed by atoms with Gasteiger partial charge in [0.2, 0.25) is 0 Å². The number of carbonyl (C=O) groups excluding carboxylic acids is 1. The molecule has 1 aliphatic rings. The Morgan fingerprint density at radius 3 is 2.33 bits per heavy atom. The SMILES string of the molecule is O=C(NCc1ccccc1F)N1CCC(S(=O)(=O)Cc2ccccc2)CC1. The van der Waals surface area contributed by atoms with Crippen molar-refractivity contribution < 1.29 is 17.6 Å². The summed E-state index contributed by atoms with van der Waals surface area (Å²) in [6, 6.07) is 15.1. The molecular weight excluding hydrogens is 367 g/mol. The van der Waals surface area contributed by atoms with Crippen molar-refractivity contribution in [2.45, 2.75) is 30.4 Å². The van der Waals surface area contributed by atoms with Crippen LogP contribution < -0.4 is 5.32 Å². The summed E-state index contributed by atoms with van der Waals surface area (Å²) >= 11 is 0. The molecule has 2 aromatic carbocycles. The van der Waals surface area contributed by atoms with Crippen molar-refractivity contribution in [2.75, 3.05) is 13.1 Å². The number of hydrogen-bond acceptors (Lipinski definition) is 3. The molecule has 0 spiro atoms. The Labute approximate surface area is 159 Å². The van der Waals surface area contributed by atoms with Crippen molar-refractivity contribution in [1.82, 2.24) is 10.2 Å². The molecule has 1 N–H and O–H groups in total. The number of carbonyl (C=O) groups is 1. The first-order chi connectivity index (χ1) is 13.0. The Kier molecular flexibility index (Phi) is 6.11. The van der Waals surface area contributed by atoms with Crippen LogP contribution in [0.3, 0.4) is 0 Å². The van der Waals surface area contributed by atoms with Gasteiger partial charge in [0.05, 0.1) is 11.0 Å². The maximum atomic E-state index is 13.6. The van der Waals surface area contributed by atoms with Crippen LogP contribution in [0.1, 0.15) is 24.0 Å². The molecule has 0 atom stereocenters. The van der Waals surface area contributed by atoms with Crippen molar-refractivity contribution in [3.8, 4) is 0 Å². The number of rotatable bonds is 5. The van der Waals surface area contributed by atoms with Crippen LogP contribution in [0.25, 0.3) is 0 Å². The highest BCUT2D eigenvalue weighted by Gasteiger charge is 2.31. The van der Waals surface area contributed by atoms with E-state index in [-0.39, 0.29) is 24.1 Å². The summed E-state index contributed by atoms with van der Waals surface area (Å²) in [4.78, 5) is 13.9. The molecule has 5 nitrogen and oxygen atoms in total. The van der Waals surface area contributed by atoms with Gasteiger partial charge in [-0.25, -0.2) is 17.6 Å². The van der Waals surface area contributed by atoms with Crippen LogP contribution >= 0.6 is 0 Å². The number of nitrogens with zero attached hydrogens (tertiary/aromatic N) is 1. The van der Waals surface area contributed by atoms with Crippen LogP contribution in [0.5, 0.6) is 0 Å². The number of benzene rings is 2. The van der Waals surface area contributed by atoms with Gasteiger partial charge in [0, 0.05) is 25.2 Å². The van der Waals surface area contributed by atoms with E-state index in [1.165, 1.54) is 6.07 Å². The van der Waals surface area contributed by atoms with Crippen molar-refractivity contribution in [3.05, 3.63) is 71.5 Å². The first-order valence-corrected chi connectivity index (χ1v) is 10.7. The van der Waals surface area contributed by atoms with Gasteiger partial charge in [0.1, 0.15) is 5.82 Å². The first kappa shape index (κ1) is 19.4. The molecule has 1 heterocycles. The summed E-state index contributed by atoms with van der Waals surface area (Å²) in [5.74, 6) is -0.332. The van der Waals surface area contributed by atoms with Crippen LogP contribution in [0.2, 0.25) is 0 Å². The Bertz CT molecular complexity index is 879. The first-order valence-electron chi connectivity index (χ1n) is 8.97. The summed E-state index contributed by atoms with van der Waals surface area (Å²) in [5, 5.41) is 2.26. The Balaban J connectivity index is 1.50. The standard InChI is InChI=1S/C20H23FN2O3S/c21-19-9-5-4-8-17(19)14-22-20(24)23-12-10-18(11-13-23)27(25,26)15-16-6-2-1-3-7-16/h1-9,18H,10-15H2,(H,22,24). The highest BCUT2D eigenvalue weighted by molar-refractivity contribution is 7.91. The summed E-state index contributed by atoms with van der Waals surface area (Å²) in [7, 11) is -3.25. The molecule has 0 radical (unpaired) electrons. The Morgan fingerprint density at radius 1 is 1.04 bits per heavy atom. The molecule has 3 rings (SSSR count). The molecule has 1 aliphatic heterocycles. The molecule has 1 fully saturated rings. The van der Waals surface area contributed by atoms with Crippen LogP contribution in [0, 0.1) is 5.82 Å². The largest absolute Gasteiger partial charge is 0.334 e. The molecule has 27 heavy (non-hydrogen) atoms. The predicted octanol–water partition coefficient (Wildman–Crippen LogP) is 3.11. The number of sulfone groups is 1. The average Bonchev–Trinajstić information content (AvgIpc) is 2.68. The second-order valence-corrected chi connectivity index (χ2v) is 9.01. The minimum atomic E-state index is -3.25. The fraction of sp³-hybridized carbons (Fsp3) is 0.350. The van der Waals surface area contributed by atoms with Crippen LogP contribution in [-0.4, -0.2) is 37.7 Å². The molecule has 2 amide bonds. The summed E-state index contributed by atoms with van der Waals surface area (Å²) in [6.07, 6.45) is 0.838. The molecule has 0 aromatic heterocycles. The van der Waals surface area contributed by atoms with Gasteiger partial charge in [-0.1, -0.05) is 48.5 Å². The normalized spacial score (nSPS) is 15.5. The fourth-order valence-electron chi connectivity index (χ4n) is 3.27. The summed E-state index contributed by atoms with van der Waals surface area (Å²) in [6.45, 7) is 0.862. The average molecular weight is 390 g/mol. The van der Waals surface area contributed by atoms with Gasteiger partial charge in [-0.15, -0.1) is 0 Å². The topological polar surface area (TPSA) is 66.5 Å². The molecular formula is C20H23FN2O3S. The zero-order chi connectivity index (χ0) is 19.3. The Hall–Kier alpha value is -2.41. The van der Waals surface area contributed by atoms with Crippen LogP contribution in [0.4, 0.5) is 9.18 Å². The molecule has 0 aliphatic carbocycles. The lowest BCUT2D eigenvalue weighted by Gasteiger charge is -2.31. The monoisotopic (exact) mass is 390 g/mol. The van der Waals surface area contributed by atoms with Gasteiger partial charge < -0.3 is 10.2 Å². The van der Waals surface area contributed by atoms with Crippen molar-refractivity contribution in [2.24, 2.45) is 0 Å². The molecule has 0 saturated carbocycles. The van der Waals surface area contributed by atoms with Crippen LogP contribution in [0.15, 0.2) is 54.6 Å². The van der Waals surface area contributed by atoms with Crippen molar-refractivity contribution in [1.29, 1.82) is 0 Å². The molecule has 0 bridgehead atoms. The number of urea groups is 1. The summed E-state index contributed by atoms with van der Waals surface area (Å²) in [5.41, 5.74) is 1.20. The number of amides is 2. The van der Waals surface area contributed by atoms with Gasteiger partial charge in [0.25, 0.3) is 0 Å². The van der Waals surface area contributed by atoms with Gasteiger partial charge in [-0.05, 0) is 24.5 Å². The zero-order valence-corrected chi connectivity index (χ0v) is 15.8. The highest BCUT2D eigenvalue weighted by Crippen LogP contribution is 2.21. The Morgan fingerprint density at radius 2 is 1.67 bits per heavy atom. The predicted molar refractivity (Wildman–Crippen MR) is 102 cm³/mol. The third-order valence-electron chi connectivity index (χ3n) is 4.84. The molecule has 1 saturated heterocycles.